The van der Waals surface area contributed by atoms with Crippen LogP contribution in [0.1, 0.15) is 0 Å². The van der Waals surface area contributed by atoms with Gasteiger partial charge >= 0.3 is 15.2 Å². The molecule has 0 aromatic carbocycles. The molecule has 1 unspecified atom stereocenters. The van der Waals surface area contributed by atoms with Crippen LogP contribution in [0.3, 0.4) is 0 Å². The second-order valence-electron chi connectivity index (χ2n) is 3.33. The molecule has 0 bridgehead atoms. The smallest absolute Gasteiger partial charge is 0.354 e. The van der Waals surface area contributed by atoms with E-state index in [1.165, 1.54) is 0 Å². The van der Waals surface area contributed by atoms with Gasteiger partial charge in [-0.3, -0.25) is 9.13 Å². The Morgan fingerprint density at radius 2 is 1.20 bits per heavy atom. The Balaban J connectivity index is 0.000000367. The lowest BCUT2D eigenvalue weighted by Gasteiger charge is -2.12. The molecule has 20 heavy (non-hydrogen) atoms. The Morgan fingerprint density at radius 3 is 1.35 bits per heavy atom. The highest BCUT2D eigenvalue weighted by Crippen LogP contribution is 2.47. The molecule has 0 spiro atoms. The first-order valence-electron chi connectivity index (χ1n) is 4.61. The first-order chi connectivity index (χ1) is 8.81. The van der Waals surface area contributed by atoms with Crippen molar-refractivity contribution in [3.63, 3.8) is 0 Å². The number of aliphatic hydroxyl groups excluding tert-OH is 1. The maximum atomic E-state index is 10.1. The van der Waals surface area contributed by atoms with Crippen LogP contribution in [0.25, 0.3) is 0 Å². The van der Waals surface area contributed by atoms with E-state index in [1.807, 2.05) is 0 Å². The molecule has 116 valence electrons. The zero-order valence-electron chi connectivity index (χ0n) is 9.81. The van der Waals surface area contributed by atoms with Crippen molar-refractivity contribution in [3.05, 3.63) is 0 Å². The van der Waals surface area contributed by atoms with Gasteiger partial charge in [0.2, 0.25) is 17.8 Å². The fourth-order valence-corrected chi connectivity index (χ4v) is 2.66. The molecule has 0 amide bonds. The van der Waals surface area contributed by atoms with Gasteiger partial charge in [-0.25, -0.2) is 0 Å². The molecule has 1 aromatic rings. The molecule has 0 aliphatic heterocycles. The number of hydrogen-bond donors (Lipinski definition) is 8. The fraction of sp³-hybridized carbons (Fsp3) is 0.400. The van der Waals surface area contributed by atoms with Crippen LogP contribution in [0.4, 0.5) is 17.8 Å². The Kier molecular flexibility index (Phi) is 6.44. The van der Waals surface area contributed by atoms with Crippen LogP contribution in [0.15, 0.2) is 0 Å². The third-order valence-electron chi connectivity index (χ3n) is 1.48. The lowest BCUT2D eigenvalue weighted by Crippen LogP contribution is -2.12. The molecule has 15 heteroatoms. The average molecular weight is 332 g/mol. The summed E-state index contributed by atoms with van der Waals surface area (Å²) < 4.78 is 20.2. The molecular weight excluding hydrogens is 318 g/mol. The van der Waals surface area contributed by atoms with Gasteiger partial charge < -0.3 is 41.9 Å². The Hall–Kier alpha value is -1.33. The van der Waals surface area contributed by atoms with Crippen molar-refractivity contribution in [2.24, 2.45) is 0 Å². The maximum absolute atomic E-state index is 10.1. The van der Waals surface area contributed by atoms with E-state index in [2.05, 4.69) is 15.0 Å². The van der Waals surface area contributed by atoms with Crippen molar-refractivity contribution in [3.8, 4) is 0 Å². The minimum Gasteiger partial charge on any atom is -0.380 e. The van der Waals surface area contributed by atoms with Crippen LogP contribution in [0.5, 0.6) is 0 Å². The summed E-state index contributed by atoms with van der Waals surface area (Å²) in [7, 11) is -9.35. The van der Waals surface area contributed by atoms with Crippen molar-refractivity contribution in [2.45, 2.75) is 5.85 Å². The molecule has 0 aliphatic rings. The summed E-state index contributed by atoms with van der Waals surface area (Å²) in [5.74, 6) is -2.16. The zero-order valence-corrected chi connectivity index (χ0v) is 11.6. The van der Waals surface area contributed by atoms with Gasteiger partial charge in [0.15, 0.2) is 5.85 Å². The number of aromatic nitrogens is 3. The minimum absolute atomic E-state index is 0.0417. The van der Waals surface area contributed by atoms with Crippen LogP contribution in [0.2, 0.25) is 0 Å². The standard InChI is InChI=1S/C3H6N6.C2H8O7P2/c4-1-7-2(5)9-3(6)8-1;3-2(11(7,8)9)1-10(4,5)6/h(H6,4,5,6,7,8,9);2-3H,1H2,(H2,4,5,6)(H2,7,8,9). The molecule has 11 N–H and O–H groups in total. The average Bonchev–Trinajstić information content (AvgIpc) is 2.11. The number of hydrogen-bond acceptors (Lipinski definition) is 9. The number of anilines is 3. The SMILES string of the molecule is Nc1nc(N)nc(N)n1.O=P(O)(O)CC(O)P(=O)(O)O. The zero-order chi connectivity index (χ0) is 16.1. The monoisotopic (exact) mass is 332 g/mol. The largest absolute Gasteiger partial charge is 0.380 e. The predicted octanol–water partition coefficient (Wildman–Crippen LogP) is -2.72. The van der Waals surface area contributed by atoms with E-state index in [-0.39, 0.29) is 17.8 Å². The van der Waals surface area contributed by atoms with E-state index in [9.17, 15) is 9.13 Å². The van der Waals surface area contributed by atoms with E-state index >= 15 is 0 Å². The molecule has 1 rings (SSSR count). The third kappa shape index (κ3) is 8.72. The molecule has 0 saturated carbocycles. The van der Waals surface area contributed by atoms with E-state index in [0.29, 0.717) is 0 Å². The molecule has 1 aromatic heterocycles. The van der Waals surface area contributed by atoms with Crippen molar-refractivity contribution in [1.29, 1.82) is 0 Å². The van der Waals surface area contributed by atoms with Gasteiger partial charge in [-0.15, -0.1) is 0 Å². The molecule has 0 fully saturated rings. The summed E-state index contributed by atoms with van der Waals surface area (Å²) in [6, 6.07) is 0. The van der Waals surface area contributed by atoms with Crippen molar-refractivity contribution in [2.75, 3.05) is 23.4 Å². The second kappa shape index (κ2) is 6.90. The molecule has 1 atom stereocenters. The van der Waals surface area contributed by atoms with Crippen LogP contribution in [-0.4, -0.2) is 51.6 Å². The van der Waals surface area contributed by atoms with Crippen molar-refractivity contribution in [1.82, 2.24) is 15.0 Å². The van der Waals surface area contributed by atoms with Gasteiger partial charge in [0.1, 0.15) is 0 Å². The number of nitrogens with two attached hydrogens (primary N) is 3. The quantitative estimate of drug-likeness (QED) is 0.262. The Bertz CT molecular complexity index is 492. The molecule has 0 radical (unpaired) electrons. The van der Waals surface area contributed by atoms with Crippen molar-refractivity contribution < 1.29 is 33.8 Å². The van der Waals surface area contributed by atoms with E-state index in [0.717, 1.165) is 0 Å². The van der Waals surface area contributed by atoms with Crippen LogP contribution >= 0.6 is 15.2 Å². The van der Waals surface area contributed by atoms with Gasteiger partial charge in [0, 0.05) is 0 Å². The number of rotatable bonds is 3. The van der Waals surface area contributed by atoms with Gasteiger partial charge in [0.05, 0.1) is 6.16 Å². The Morgan fingerprint density at radius 1 is 0.900 bits per heavy atom. The minimum atomic E-state index is -4.79. The van der Waals surface area contributed by atoms with Crippen LogP contribution in [0, 0.1) is 0 Å². The highest BCUT2D eigenvalue weighted by Gasteiger charge is 2.32. The van der Waals surface area contributed by atoms with Gasteiger partial charge in [-0.2, -0.15) is 15.0 Å². The first kappa shape index (κ1) is 18.7. The second-order valence-corrected chi connectivity index (χ2v) is 6.80. The predicted molar refractivity (Wildman–Crippen MR) is 68.0 cm³/mol. The Labute approximate surface area is 112 Å². The van der Waals surface area contributed by atoms with Gasteiger partial charge in [-0.05, 0) is 0 Å². The van der Waals surface area contributed by atoms with E-state index in [4.69, 9.17) is 41.9 Å². The summed E-state index contributed by atoms with van der Waals surface area (Å²) in [5, 5.41) is 8.47. The summed E-state index contributed by atoms with van der Waals surface area (Å²) in [4.78, 5) is 43.1. The van der Waals surface area contributed by atoms with E-state index in [1.54, 1.807) is 0 Å². The van der Waals surface area contributed by atoms with E-state index < -0.39 is 27.2 Å². The van der Waals surface area contributed by atoms with Crippen molar-refractivity contribution >= 4 is 33.0 Å². The molecule has 0 aliphatic carbocycles. The number of nitrogens with zero attached hydrogens (tertiary/aromatic N) is 3. The third-order valence-corrected chi connectivity index (χ3v) is 3.55. The highest BCUT2D eigenvalue weighted by atomic mass is 31.2. The molecular formula is C5H14N6O7P2. The van der Waals surface area contributed by atoms with Crippen LogP contribution in [-0.2, 0) is 9.13 Å². The molecule has 13 nitrogen and oxygen atoms in total. The number of nitrogen functional groups attached to an aromatic ring is 3. The van der Waals surface area contributed by atoms with Gasteiger partial charge in [0.25, 0.3) is 0 Å². The lowest BCUT2D eigenvalue weighted by atomic mass is 10.9. The maximum Gasteiger partial charge on any atom is 0.354 e. The molecule has 1 heterocycles. The normalized spacial score (nSPS) is 13.2. The topological polar surface area (TPSA) is 252 Å². The fourth-order valence-electron chi connectivity index (χ4n) is 0.746. The lowest BCUT2D eigenvalue weighted by molar-refractivity contribution is 0.211. The first-order valence-corrected chi connectivity index (χ1v) is 8.09. The molecule has 0 saturated heterocycles. The summed E-state index contributed by atoms with van der Waals surface area (Å²) in [5.41, 5.74) is 15.4. The van der Waals surface area contributed by atoms with Gasteiger partial charge in [-0.1, -0.05) is 0 Å². The highest BCUT2D eigenvalue weighted by molar-refractivity contribution is 7.56. The summed E-state index contributed by atoms with van der Waals surface area (Å²) >= 11 is 0. The van der Waals surface area contributed by atoms with Crippen LogP contribution < -0.4 is 17.2 Å². The summed E-state index contributed by atoms with van der Waals surface area (Å²) in [6.45, 7) is 0. The summed E-state index contributed by atoms with van der Waals surface area (Å²) in [6.07, 6.45) is -1.22. The number of aliphatic hydroxyl groups is 1.